The Bertz CT molecular complexity index is 856. The molecule has 0 saturated carbocycles. The zero-order chi connectivity index (χ0) is 20.9. The number of halogens is 3. The van der Waals surface area contributed by atoms with Gasteiger partial charge < -0.3 is 19.0 Å². The number of nitrogens with zero attached hydrogens (tertiary/aromatic N) is 1. The number of nitrogens with one attached hydrogen (secondary N) is 2. The van der Waals surface area contributed by atoms with E-state index in [-0.39, 0.29) is 5.56 Å². The van der Waals surface area contributed by atoms with Crippen LogP contribution in [0.3, 0.4) is 0 Å². The molecule has 152 valence electrons. The topological polar surface area (TPSA) is 103 Å². The molecular weight excluding hydrogens is 383 g/mol. The monoisotopic (exact) mass is 401 g/mol. The fourth-order valence-electron chi connectivity index (χ4n) is 2.41. The van der Waals surface area contributed by atoms with Gasteiger partial charge in [0.2, 0.25) is 0 Å². The summed E-state index contributed by atoms with van der Waals surface area (Å²) in [5.74, 6) is -1.17. The lowest BCUT2D eigenvalue weighted by Gasteiger charge is -2.10. The Morgan fingerprint density at radius 2 is 1.96 bits per heavy atom. The maximum absolute atomic E-state index is 12.2. The van der Waals surface area contributed by atoms with E-state index in [1.54, 1.807) is 37.4 Å². The lowest BCUT2D eigenvalue weighted by Crippen LogP contribution is -2.44. The van der Waals surface area contributed by atoms with Crippen LogP contribution in [0.2, 0.25) is 0 Å². The summed E-state index contributed by atoms with van der Waals surface area (Å²) in [6, 6.07) is 3.76. The highest BCUT2D eigenvalue weighted by molar-refractivity contribution is 5.97. The van der Waals surface area contributed by atoms with E-state index >= 15 is 0 Å². The van der Waals surface area contributed by atoms with E-state index in [9.17, 15) is 27.6 Å². The molecule has 2 rings (SSSR count). The van der Waals surface area contributed by atoms with Crippen molar-refractivity contribution >= 4 is 17.9 Å². The molecule has 0 bridgehead atoms. The summed E-state index contributed by atoms with van der Waals surface area (Å²) in [7, 11) is 0. The second-order valence-corrected chi connectivity index (χ2v) is 5.87. The Kier molecular flexibility index (Phi) is 6.49. The molecule has 11 heteroatoms. The van der Waals surface area contributed by atoms with Crippen molar-refractivity contribution in [2.45, 2.75) is 26.6 Å². The molecule has 2 heterocycles. The van der Waals surface area contributed by atoms with Gasteiger partial charge in [-0.15, -0.1) is 0 Å². The van der Waals surface area contributed by atoms with Crippen LogP contribution in [0.5, 0.6) is 0 Å². The maximum atomic E-state index is 12.2. The number of aromatic nitrogens is 1. The third kappa shape index (κ3) is 5.89. The molecule has 3 amide bonds. The molecule has 0 aromatic carbocycles. The summed E-state index contributed by atoms with van der Waals surface area (Å²) in [5.41, 5.74) is 1.57. The number of carbonyl (C=O) groups excluding carboxylic acids is 3. The van der Waals surface area contributed by atoms with E-state index in [0.29, 0.717) is 18.0 Å². The van der Waals surface area contributed by atoms with Crippen LogP contribution >= 0.6 is 0 Å². The molecule has 0 atom stereocenters. The van der Waals surface area contributed by atoms with Crippen LogP contribution in [0.15, 0.2) is 28.9 Å². The number of imide groups is 1. The second-order valence-electron chi connectivity index (χ2n) is 5.87. The van der Waals surface area contributed by atoms with Gasteiger partial charge in [-0.3, -0.25) is 10.1 Å². The minimum atomic E-state index is -4.61. The van der Waals surface area contributed by atoms with Crippen molar-refractivity contribution in [3.8, 4) is 0 Å². The van der Waals surface area contributed by atoms with Crippen molar-refractivity contribution in [1.82, 2.24) is 15.2 Å². The molecule has 2 N–H and O–H groups in total. The van der Waals surface area contributed by atoms with Gasteiger partial charge >= 0.3 is 18.2 Å². The molecule has 0 unspecified atom stereocenters. The molecule has 0 aliphatic heterocycles. The van der Waals surface area contributed by atoms with Crippen LogP contribution in [0.4, 0.5) is 18.0 Å². The molecule has 0 saturated heterocycles. The fourth-order valence-corrected chi connectivity index (χ4v) is 2.41. The summed E-state index contributed by atoms with van der Waals surface area (Å²) < 4.78 is 47.9. The van der Waals surface area contributed by atoms with Gasteiger partial charge in [0, 0.05) is 11.4 Å². The molecule has 0 aliphatic carbocycles. The van der Waals surface area contributed by atoms with Gasteiger partial charge in [0.05, 0.1) is 18.4 Å². The van der Waals surface area contributed by atoms with Gasteiger partial charge in [-0.2, -0.15) is 13.2 Å². The largest absolute Gasteiger partial charge is 0.467 e. The first-order valence-corrected chi connectivity index (χ1v) is 8.07. The van der Waals surface area contributed by atoms with Crippen LogP contribution in [0.1, 0.15) is 27.5 Å². The zero-order valence-corrected chi connectivity index (χ0v) is 15.1. The van der Waals surface area contributed by atoms with Gasteiger partial charge in [-0.1, -0.05) is 0 Å². The Labute approximate surface area is 157 Å². The highest BCUT2D eigenvalue weighted by Crippen LogP contribution is 2.18. The Morgan fingerprint density at radius 3 is 2.57 bits per heavy atom. The van der Waals surface area contributed by atoms with Gasteiger partial charge in [0.15, 0.2) is 6.61 Å². The van der Waals surface area contributed by atoms with E-state index in [0.717, 1.165) is 5.69 Å². The zero-order valence-electron chi connectivity index (χ0n) is 15.1. The van der Waals surface area contributed by atoms with E-state index in [1.807, 2.05) is 4.57 Å². The summed E-state index contributed by atoms with van der Waals surface area (Å²) in [5, 5.41) is 3.10. The second kappa shape index (κ2) is 8.63. The van der Waals surface area contributed by atoms with Crippen molar-refractivity contribution < 1.29 is 36.7 Å². The normalized spacial score (nSPS) is 11.2. The Hall–Kier alpha value is -3.24. The van der Waals surface area contributed by atoms with Crippen molar-refractivity contribution in [3.63, 3.8) is 0 Å². The quantitative estimate of drug-likeness (QED) is 0.723. The molecule has 2 aromatic rings. The van der Waals surface area contributed by atoms with Crippen LogP contribution in [-0.2, 0) is 16.1 Å². The van der Waals surface area contributed by atoms with Crippen molar-refractivity contribution in [2.24, 2.45) is 0 Å². The Balaban J connectivity index is 1.89. The minimum Gasteiger partial charge on any atom is -0.467 e. The van der Waals surface area contributed by atoms with E-state index < -0.39 is 37.2 Å². The molecule has 8 nitrogen and oxygen atoms in total. The molecule has 0 aliphatic rings. The lowest BCUT2D eigenvalue weighted by molar-refractivity contribution is -0.125. The number of amides is 3. The predicted octanol–water partition coefficient (Wildman–Crippen LogP) is 2.29. The third-order valence-corrected chi connectivity index (χ3v) is 3.72. The maximum Gasteiger partial charge on any atom is 0.405 e. The summed E-state index contributed by atoms with van der Waals surface area (Å²) >= 11 is 0. The van der Waals surface area contributed by atoms with Gasteiger partial charge in [0.1, 0.15) is 12.3 Å². The molecule has 0 radical (unpaired) electrons. The number of urea groups is 1. The average molecular weight is 401 g/mol. The van der Waals surface area contributed by atoms with E-state index in [2.05, 4.69) is 0 Å². The van der Waals surface area contributed by atoms with Gasteiger partial charge in [-0.25, -0.2) is 9.59 Å². The number of carbonyl (C=O) groups is 3. The summed E-state index contributed by atoms with van der Waals surface area (Å²) in [6.45, 7) is 1.47. The summed E-state index contributed by atoms with van der Waals surface area (Å²) in [6.07, 6.45) is -3.08. The number of alkyl halides is 3. The lowest BCUT2D eigenvalue weighted by atomic mass is 10.2. The molecule has 2 aromatic heterocycles. The summed E-state index contributed by atoms with van der Waals surface area (Å²) in [4.78, 5) is 34.9. The first-order chi connectivity index (χ1) is 13.1. The SMILES string of the molecule is Cc1cc(C(=O)OCC(=O)NC(=O)NCC(F)(F)F)c(C)n1Cc1ccco1. The highest BCUT2D eigenvalue weighted by Gasteiger charge is 2.28. The number of furan rings is 1. The number of aryl methyl sites for hydroxylation is 1. The molecular formula is C17H18F3N3O5. The van der Waals surface area contributed by atoms with Crippen LogP contribution in [0.25, 0.3) is 0 Å². The van der Waals surface area contributed by atoms with E-state index in [1.165, 1.54) is 11.6 Å². The first kappa shape index (κ1) is 21.1. The molecule has 0 spiro atoms. The molecule has 28 heavy (non-hydrogen) atoms. The van der Waals surface area contributed by atoms with Crippen molar-refractivity contribution in [1.29, 1.82) is 0 Å². The number of hydrogen-bond donors (Lipinski definition) is 2. The smallest absolute Gasteiger partial charge is 0.405 e. The Morgan fingerprint density at radius 1 is 1.25 bits per heavy atom. The van der Waals surface area contributed by atoms with Gasteiger partial charge in [-0.05, 0) is 32.0 Å². The third-order valence-electron chi connectivity index (χ3n) is 3.72. The number of ether oxygens (including phenoxy) is 1. The van der Waals surface area contributed by atoms with Crippen molar-refractivity contribution in [2.75, 3.05) is 13.2 Å². The average Bonchev–Trinajstić information content (AvgIpc) is 3.21. The highest BCUT2D eigenvalue weighted by atomic mass is 19.4. The van der Waals surface area contributed by atoms with Crippen LogP contribution in [-0.4, -0.2) is 41.8 Å². The van der Waals surface area contributed by atoms with Crippen LogP contribution in [0, 0.1) is 13.8 Å². The van der Waals surface area contributed by atoms with Crippen LogP contribution < -0.4 is 10.6 Å². The fraction of sp³-hybridized carbons (Fsp3) is 0.353. The standard InChI is InChI=1S/C17H18F3N3O5/c1-10-6-13(11(2)23(10)7-12-4-3-5-27-12)15(25)28-8-14(24)22-16(26)21-9-17(18,19)20/h3-6H,7-9H2,1-2H3,(H2,21,22,24,26). The number of esters is 1. The molecule has 0 fully saturated rings. The first-order valence-electron chi connectivity index (χ1n) is 8.07. The number of rotatable bonds is 6. The van der Waals surface area contributed by atoms with Crippen molar-refractivity contribution in [3.05, 3.63) is 47.2 Å². The van der Waals surface area contributed by atoms with Gasteiger partial charge in [0.25, 0.3) is 5.91 Å². The number of hydrogen-bond acceptors (Lipinski definition) is 5. The predicted molar refractivity (Wildman–Crippen MR) is 89.6 cm³/mol. The minimum absolute atomic E-state index is 0.221. The van der Waals surface area contributed by atoms with E-state index in [4.69, 9.17) is 9.15 Å².